The molecule has 0 saturated heterocycles. The third-order valence-electron chi connectivity index (χ3n) is 2.54. The molecular weight excluding hydrogens is 195 g/mol. The first-order valence-corrected chi connectivity index (χ1v) is 5.18. The summed E-state index contributed by atoms with van der Waals surface area (Å²) in [5.74, 6) is 0.437. The van der Waals surface area contributed by atoms with Crippen LogP contribution in [-0.4, -0.2) is 11.9 Å². The number of halogens is 1. The van der Waals surface area contributed by atoms with Crippen LogP contribution in [0.2, 0.25) is 0 Å². The summed E-state index contributed by atoms with van der Waals surface area (Å²) in [7, 11) is 0. The number of ether oxygens (including phenoxy) is 1. The molecule has 1 aliphatic rings. The lowest BCUT2D eigenvalue weighted by molar-refractivity contribution is -0.122. The van der Waals surface area contributed by atoms with E-state index in [0.717, 1.165) is 12.8 Å². The molecule has 0 amide bonds. The number of rotatable bonds is 2. The fourth-order valence-electron chi connectivity index (χ4n) is 1.82. The van der Waals surface area contributed by atoms with E-state index in [4.69, 9.17) is 4.74 Å². The molecule has 2 nitrogen and oxygen atoms in total. The SMILES string of the molecule is O=C1CCCC(Oc2cccc(F)c2)C1. The van der Waals surface area contributed by atoms with Gasteiger partial charge >= 0.3 is 0 Å². The van der Waals surface area contributed by atoms with Crippen molar-refractivity contribution in [3.63, 3.8) is 0 Å². The zero-order chi connectivity index (χ0) is 10.7. The van der Waals surface area contributed by atoms with Crippen LogP contribution in [0.1, 0.15) is 25.7 Å². The van der Waals surface area contributed by atoms with Crippen LogP contribution in [0.25, 0.3) is 0 Å². The number of carbonyl (C=O) groups is 1. The monoisotopic (exact) mass is 208 g/mol. The number of carbonyl (C=O) groups excluding carboxylic acids is 1. The molecule has 0 radical (unpaired) electrons. The first kappa shape index (κ1) is 10.1. The van der Waals surface area contributed by atoms with Crippen molar-refractivity contribution in [2.75, 3.05) is 0 Å². The van der Waals surface area contributed by atoms with Crippen molar-refractivity contribution >= 4 is 5.78 Å². The lowest BCUT2D eigenvalue weighted by atomic mass is 9.96. The smallest absolute Gasteiger partial charge is 0.136 e. The Hall–Kier alpha value is -1.38. The van der Waals surface area contributed by atoms with E-state index in [1.54, 1.807) is 12.1 Å². The molecule has 1 aliphatic carbocycles. The average Bonchev–Trinajstić information content (AvgIpc) is 2.17. The van der Waals surface area contributed by atoms with Crippen LogP contribution in [0.3, 0.4) is 0 Å². The second kappa shape index (κ2) is 4.43. The topological polar surface area (TPSA) is 26.3 Å². The second-order valence-electron chi connectivity index (χ2n) is 3.83. The minimum atomic E-state index is -0.311. The molecular formula is C12H13FO2. The number of ketones is 1. The number of benzene rings is 1. The van der Waals surface area contributed by atoms with E-state index in [0.29, 0.717) is 18.6 Å². The van der Waals surface area contributed by atoms with Crippen molar-refractivity contribution in [2.24, 2.45) is 0 Å². The third-order valence-corrected chi connectivity index (χ3v) is 2.54. The van der Waals surface area contributed by atoms with Crippen LogP contribution in [0.5, 0.6) is 5.75 Å². The van der Waals surface area contributed by atoms with Gasteiger partial charge in [0, 0.05) is 18.9 Å². The van der Waals surface area contributed by atoms with E-state index < -0.39 is 0 Å². The third kappa shape index (κ3) is 2.78. The molecule has 2 rings (SSSR count). The van der Waals surface area contributed by atoms with Gasteiger partial charge in [-0.15, -0.1) is 0 Å². The summed E-state index contributed by atoms with van der Waals surface area (Å²) in [4.78, 5) is 11.2. The van der Waals surface area contributed by atoms with Crippen LogP contribution >= 0.6 is 0 Å². The van der Waals surface area contributed by atoms with Crippen LogP contribution in [0.15, 0.2) is 24.3 Å². The maximum atomic E-state index is 12.9. The average molecular weight is 208 g/mol. The fourth-order valence-corrected chi connectivity index (χ4v) is 1.82. The molecule has 0 bridgehead atoms. The Morgan fingerprint density at radius 3 is 3.00 bits per heavy atom. The van der Waals surface area contributed by atoms with Crippen LogP contribution in [0, 0.1) is 5.82 Å². The number of hydrogen-bond acceptors (Lipinski definition) is 2. The number of hydrogen-bond donors (Lipinski definition) is 0. The maximum Gasteiger partial charge on any atom is 0.136 e. The van der Waals surface area contributed by atoms with Gasteiger partial charge in [0.1, 0.15) is 23.5 Å². The summed E-state index contributed by atoms with van der Waals surface area (Å²) in [5.41, 5.74) is 0. The lowest BCUT2D eigenvalue weighted by Crippen LogP contribution is -2.25. The Balaban J connectivity index is 1.99. The highest BCUT2D eigenvalue weighted by Crippen LogP contribution is 2.21. The highest BCUT2D eigenvalue weighted by molar-refractivity contribution is 5.79. The van der Waals surface area contributed by atoms with E-state index in [9.17, 15) is 9.18 Å². The Bertz CT molecular complexity index is 362. The molecule has 3 heteroatoms. The summed E-state index contributed by atoms with van der Waals surface area (Å²) in [6, 6.07) is 6.04. The van der Waals surface area contributed by atoms with Gasteiger partial charge in [-0.1, -0.05) is 6.07 Å². The van der Waals surface area contributed by atoms with Crippen molar-refractivity contribution in [1.82, 2.24) is 0 Å². The largest absolute Gasteiger partial charge is 0.490 e. The van der Waals surface area contributed by atoms with Crippen LogP contribution < -0.4 is 4.74 Å². The zero-order valence-electron chi connectivity index (χ0n) is 8.41. The molecule has 0 aliphatic heterocycles. The van der Waals surface area contributed by atoms with Crippen LogP contribution in [0.4, 0.5) is 4.39 Å². The summed E-state index contributed by atoms with van der Waals surface area (Å²) in [6.45, 7) is 0. The maximum absolute atomic E-state index is 12.9. The van der Waals surface area contributed by atoms with Crippen molar-refractivity contribution in [2.45, 2.75) is 31.8 Å². The van der Waals surface area contributed by atoms with Gasteiger partial charge in [-0.2, -0.15) is 0 Å². The van der Waals surface area contributed by atoms with Gasteiger partial charge in [0.25, 0.3) is 0 Å². The van der Waals surface area contributed by atoms with E-state index in [1.165, 1.54) is 12.1 Å². The second-order valence-corrected chi connectivity index (χ2v) is 3.83. The fraction of sp³-hybridized carbons (Fsp3) is 0.417. The van der Waals surface area contributed by atoms with Gasteiger partial charge in [0.2, 0.25) is 0 Å². The minimum absolute atomic E-state index is 0.0759. The highest BCUT2D eigenvalue weighted by atomic mass is 19.1. The Kier molecular flexibility index (Phi) is 2.99. The van der Waals surface area contributed by atoms with E-state index >= 15 is 0 Å². The predicted octanol–water partition coefficient (Wildman–Crippen LogP) is 2.72. The minimum Gasteiger partial charge on any atom is -0.490 e. The van der Waals surface area contributed by atoms with E-state index in [-0.39, 0.29) is 17.7 Å². The molecule has 1 unspecified atom stereocenters. The standard InChI is InChI=1S/C12H13FO2/c13-9-3-1-5-11(7-9)15-12-6-2-4-10(14)8-12/h1,3,5,7,12H,2,4,6,8H2. The quantitative estimate of drug-likeness (QED) is 0.747. The molecule has 0 heterocycles. The van der Waals surface area contributed by atoms with Crippen molar-refractivity contribution in [3.8, 4) is 5.75 Å². The van der Waals surface area contributed by atoms with Gasteiger partial charge in [-0.25, -0.2) is 4.39 Å². The molecule has 1 aromatic rings. The number of Topliss-reactive ketones (excluding diaryl/α,β-unsaturated/α-hetero) is 1. The highest BCUT2D eigenvalue weighted by Gasteiger charge is 2.20. The Labute approximate surface area is 88.1 Å². The molecule has 0 spiro atoms. The molecule has 1 atom stereocenters. The first-order chi connectivity index (χ1) is 7.24. The lowest BCUT2D eigenvalue weighted by Gasteiger charge is -2.22. The van der Waals surface area contributed by atoms with Gasteiger partial charge < -0.3 is 4.74 Å². The van der Waals surface area contributed by atoms with Crippen molar-refractivity contribution < 1.29 is 13.9 Å². The summed E-state index contributed by atoms with van der Waals surface area (Å²) < 4.78 is 18.4. The molecule has 80 valence electrons. The molecule has 1 fully saturated rings. The summed E-state index contributed by atoms with van der Waals surface area (Å²) in [5, 5.41) is 0. The zero-order valence-corrected chi connectivity index (χ0v) is 8.41. The van der Waals surface area contributed by atoms with Gasteiger partial charge in [-0.3, -0.25) is 4.79 Å². The van der Waals surface area contributed by atoms with E-state index in [2.05, 4.69) is 0 Å². The molecule has 15 heavy (non-hydrogen) atoms. The normalized spacial score (nSPS) is 21.4. The van der Waals surface area contributed by atoms with E-state index in [1.807, 2.05) is 0 Å². The summed E-state index contributed by atoms with van der Waals surface area (Å²) >= 11 is 0. The van der Waals surface area contributed by atoms with Gasteiger partial charge in [0.15, 0.2) is 0 Å². The van der Waals surface area contributed by atoms with Crippen molar-refractivity contribution in [3.05, 3.63) is 30.1 Å². The van der Waals surface area contributed by atoms with Gasteiger partial charge in [0.05, 0.1) is 0 Å². The molecule has 1 aromatic carbocycles. The summed E-state index contributed by atoms with van der Waals surface area (Å²) in [6.07, 6.45) is 2.79. The predicted molar refractivity (Wildman–Crippen MR) is 54.3 cm³/mol. The molecule has 0 aromatic heterocycles. The van der Waals surface area contributed by atoms with Crippen LogP contribution in [-0.2, 0) is 4.79 Å². The Morgan fingerprint density at radius 1 is 1.40 bits per heavy atom. The van der Waals surface area contributed by atoms with Gasteiger partial charge in [-0.05, 0) is 25.0 Å². The molecule has 0 N–H and O–H groups in total. The molecule has 1 saturated carbocycles. The Morgan fingerprint density at radius 2 is 2.27 bits per heavy atom. The first-order valence-electron chi connectivity index (χ1n) is 5.18. The van der Waals surface area contributed by atoms with Crippen molar-refractivity contribution in [1.29, 1.82) is 0 Å².